The lowest BCUT2D eigenvalue weighted by atomic mass is 9.90. The first-order valence-electron chi connectivity index (χ1n) is 9.44. The highest BCUT2D eigenvalue weighted by atomic mass is 32.1. The van der Waals surface area contributed by atoms with Crippen LogP contribution in [0.5, 0.6) is 0 Å². The highest BCUT2D eigenvalue weighted by Crippen LogP contribution is 2.29. The van der Waals surface area contributed by atoms with E-state index in [2.05, 4.69) is 39.4 Å². The minimum Gasteiger partial charge on any atom is -0.342 e. The Hall–Kier alpha value is -2.47. The standard InChI is InChI=1S/C21H24N4OS/c1-15-23-19(14-27-15)11-20(26)25-9-5-8-17(13-25)21-18(12-22-24-21)10-16-6-3-2-4-7-16/h2-4,6-7,12,14,17H,5,8-11,13H2,1H3,(H,22,24). The van der Waals surface area contributed by atoms with Gasteiger partial charge in [0, 0.05) is 36.5 Å². The van der Waals surface area contributed by atoms with Crippen LogP contribution in [0.3, 0.4) is 0 Å². The van der Waals surface area contributed by atoms with Gasteiger partial charge in [0.15, 0.2) is 0 Å². The Labute approximate surface area is 163 Å². The lowest BCUT2D eigenvalue weighted by molar-refractivity contribution is -0.131. The number of H-pyrrole nitrogens is 1. The molecule has 1 N–H and O–H groups in total. The number of benzene rings is 1. The first-order valence-corrected chi connectivity index (χ1v) is 10.3. The lowest BCUT2D eigenvalue weighted by Gasteiger charge is -2.32. The molecule has 0 aliphatic carbocycles. The van der Waals surface area contributed by atoms with Crippen LogP contribution >= 0.6 is 11.3 Å². The first-order chi connectivity index (χ1) is 13.2. The molecule has 1 fully saturated rings. The summed E-state index contributed by atoms with van der Waals surface area (Å²) in [7, 11) is 0. The summed E-state index contributed by atoms with van der Waals surface area (Å²) < 4.78 is 0. The number of likely N-dealkylation sites (tertiary alicyclic amines) is 1. The van der Waals surface area contributed by atoms with Crippen molar-refractivity contribution in [3.05, 3.63) is 69.4 Å². The number of nitrogens with zero attached hydrogens (tertiary/aromatic N) is 3. The predicted octanol–water partition coefficient (Wildman–Crippen LogP) is 3.71. The Morgan fingerprint density at radius 1 is 1.33 bits per heavy atom. The third kappa shape index (κ3) is 4.27. The number of thiazole rings is 1. The van der Waals surface area contributed by atoms with Crippen molar-refractivity contribution in [3.8, 4) is 0 Å². The van der Waals surface area contributed by atoms with Crippen molar-refractivity contribution in [2.45, 2.75) is 38.5 Å². The largest absolute Gasteiger partial charge is 0.342 e. The summed E-state index contributed by atoms with van der Waals surface area (Å²) in [6.07, 6.45) is 5.31. The van der Waals surface area contributed by atoms with Crippen LogP contribution in [0, 0.1) is 6.92 Å². The van der Waals surface area contributed by atoms with Gasteiger partial charge >= 0.3 is 0 Å². The summed E-state index contributed by atoms with van der Waals surface area (Å²) in [5, 5.41) is 10.5. The molecule has 6 heteroatoms. The van der Waals surface area contributed by atoms with Crippen LogP contribution in [0.2, 0.25) is 0 Å². The molecule has 1 aliphatic rings. The number of carbonyl (C=O) groups excluding carboxylic acids is 1. The number of hydrogen-bond acceptors (Lipinski definition) is 4. The van der Waals surface area contributed by atoms with Gasteiger partial charge in [-0.3, -0.25) is 9.89 Å². The molecule has 0 spiro atoms. The number of carbonyl (C=O) groups is 1. The molecule has 1 saturated heterocycles. The van der Waals surface area contributed by atoms with Crippen molar-refractivity contribution in [1.82, 2.24) is 20.1 Å². The van der Waals surface area contributed by atoms with Crippen molar-refractivity contribution in [2.24, 2.45) is 0 Å². The fraction of sp³-hybridized carbons (Fsp3) is 0.381. The summed E-state index contributed by atoms with van der Waals surface area (Å²) in [4.78, 5) is 19.2. The van der Waals surface area contributed by atoms with Crippen LogP contribution in [0.4, 0.5) is 0 Å². The van der Waals surface area contributed by atoms with Gasteiger partial charge in [0.1, 0.15) is 0 Å². The Kier molecular flexibility index (Phi) is 5.34. The average molecular weight is 381 g/mol. The summed E-state index contributed by atoms with van der Waals surface area (Å²) in [6, 6.07) is 10.5. The molecule has 1 unspecified atom stereocenters. The van der Waals surface area contributed by atoms with Crippen molar-refractivity contribution in [3.63, 3.8) is 0 Å². The normalized spacial score (nSPS) is 17.2. The van der Waals surface area contributed by atoms with Crippen LogP contribution in [0.15, 0.2) is 41.9 Å². The smallest absolute Gasteiger partial charge is 0.228 e. The van der Waals surface area contributed by atoms with Crippen LogP contribution < -0.4 is 0 Å². The number of amides is 1. The van der Waals surface area contributed by atoms with Gasteiger partial charge in [-0.15, -0.1) is 11.3 Å². The number of piperidine rings is 1. The molecule has 5 nitrogen and oxygen atoms in total. The molecule has 1 amide bonds. The van der Waals surface area contributed by atoms with Gasteiger partial charge in [-0.25, -0.2) is 4.98 Å². The van der Waals surface area contributed by atoms with E-state index in [4.69, 9.17) is 0 Å². The first kappa shape index (κ1) is 17.9. The third-order valence-corrected chi connectivity index (χ3v) is 5.99. The van der Waals surface area contributed by atoms with E-state index in [1.807, 2.05) is 29.5 Å². The van der Waals surface area contributed by atoms with Crippen LogP contribution in [-0.2, 0) is 17.6 Å². The molecular weight excluding hydrogens is 356 g/mol. The maximum absolute atomic E-state index is 12.7. The fourth-order valence-corrected chi connectivity index (χ4v) is 4.44. The maximum Gasteiger partial charge on any atom is 0.228 e. The highest BCUT2D eigenvalue weighted by molar-refractivity contribution is 7.09. The molecule has 140 valence electrons. The highest BCUT2D eigenvalue weighted by Gasteiger charge is 2.27. The van der Waals surface area contributed by atoms with Gasteiger partial charge in [-0.05, 0) is 30.9 Å². The van der Waals surface area contributed by atoms with Gasteiger partial charge < -0.3 is 4.90 Å². The van der Waals surface area contributed by atoms with Gasteiger partial charge in [-0.1, -0.05) is 30.3 Å². The van der Waals surface area contributed by atoms with Crippen molar-refractivity contribution in [2.75, 3.05) is 13.1 Å². The molecule has 1 aromatic carbocycles. The Balaban J connectivity index is 1.44. The lowest BCUT2D eigenvalue weighted by Crippen LogP contribution is -2.40. The molecule has 1 atom stereocenters. The minimum absolute atomic E-state index is 0.175. The Bertz CT molecular complexity index is 902. The fourth-order valence-electron chi connectivity index (χ4n) is 3.83. The summed E-state index contributed by atoms with van der Waals surface area (Å²) in [5.74, 6) is 0.496. The van der Waals surface area contributed by atoms with E-state index in [1.54, 1.807) is 11.3 Å². The monoisotopic (exact) mass is 380 g/mol. The third-order valence-electron chi connectivity index (χ3n) is 5.17. The number of nitrogens with one attached hydrogen (secondary N) is 1. The van der Waals surface area contributed by atoms with E-state index in [0.29, 0.717) is 12.3 Å². The van der Waals surface area contributed by atoms with Crippen LogP contribution in [-0.4, -0.2) is 39.1 Å². The molecule has 4 rings (SSSR count). The summed E-state index contributed by atoms with van der Waals surface area (Å²) in [5.41, 5.74) is 4.58. The zero-order valence-electron chi connectivity index (χ0n) is 15.5. The number of aromatic amines is 1. The van der Waals surface area contributed by atoms with E-state index in [9.17, 15) is 4.79 Å². The van der Waals surface area contributed by atoms with Crippen molar-refractivity contribution < 1.29 is 4.79 Å². The number of aryl methyl sites for hydroxylation is 1. The summed E-state index contributed by atoms with van der Waals surface area (Å²) >= 11 is 1.60. The molecule has 1 aliphatic heterocycles. The molecule has 27 heavy (non-hydrogen) atoms. The topological polar surface area (TPSA) is 61.9 Å². The zero-order chi connectivity index (χ0) is 18.6. The van der Waals surface area contributed by atoms with E-state index >= 15 is 0 Å². The van der Waals surface area contributed by atoms with Gasteiger partial charge in [0.05, 0.1) is 23.3 Å². The maximum atomic E-state index is 12.7. The van der Waals surface area contributed by atoms with E-state index < -0.39 is 0 Å². The van der Waals surface area contributed by atoms with Crippen molar-refractivity contribution >= 4 is 17.2 Å². The molecule has 2 aromatic heterocycles. The van der Waals surface area contributed by atoms with Gasteiger partial charge in [0.25, 0.3) is 0 Å². The number of aromatic nitrogens is 3. The molecule has 0 radical (unpaired) electrons. The Morgan fingerprint density at radius 3 is 2.96 bits per heavy atom. The second kappa shape index (κ2) is 8.05. The second-order valence-corrected chi connectivity index (χ2v) is 8.25. The minimum atomic E-state index is 0.175. The molecule has 0 saturated carbocycles. The predicted molar refractivity (Wildman–Crippen MR) is 107 cm³/mol. The van der Waals surface area contributed by atoms with Crippen LogP contribution in [0.1, 0.15) is 46.3 Å². The van der Waals surface area contributed by atoms with Gasteiger partial charge in [-0.2, -0.15) is 5.10 Å². The molecular formula is C21H24N4OS. The molecule has 3 heterocycles. The van der Waals surface area contributed by atoms with Crippen molar-refractivity contribution in [1.29, 1.82) is 0 Å². The van der Waals surface area contributed by atoms with Gasteiger partial charge in [0.2, 0.25) is 5.91 Å². The van der Waals surface area contributed by atoms with E-state index in [1.165, 1.54) is 16.8 Å². The Morgan fingerprint density at radius 2 is 2.19 bits per heavy atom. The average Bonchev–Trinajstić information content (AvgIpc) is 3.31. The van der Waals surface area contributed by atoms with Crippen LogP contribution in [0.25, 0.3) is 0 Å². The number of rotatable bonds is 5. The SMILES string of the molecule is Cc1nc(CC(=O)N2CCCC(c3[nH]ncc3Cc3ccccc3)C2)cs1. The summed E-state index contributed by atoms with van der Waals surface area (Å²) in [6.45, 7) is 3.56. The van der Waals surface area contributed by atoms with E-state index in [-0.39, 0.29) is 5.91 Å². The zero-order valence-corrected chi connectivity index (χ0v) is 16.3. The number of hydrogen-bond donors (Lipinski definition) is 1. The molecule has 0 bridgehead atoms. The molecule has 3 aromatic rings. The van der Waals surface area contributed by atoms with E-state index in [0.717, 1.165) is 43.1 Å². The quantitative estimate of drug-likeness (QED) is 0.734. The second-order valence-electron chi connectivity index (χ2n) is 7.18.